The van der Waals surface area contributed by atoms with Gasteiger partial charge in [-0.25, -0.2) is 9.78 Å². The summed E-state index contributed by atoms with van der Waals surface area (Å²) in [5.41, 5.74) is 2.37. The summed E-state index contributed by atoms with van der Waals surface area (Å²) in [4.78, 5) is 18.4. The third kappa shape index (κ3) is 4.57. The fraction of sp³-hybridized carbons (Fsp3) is 0.500. The Bertz CT molecular complexity index is 680. The molecule has 0 aliphatic carbocycles. The number of nitrogens with one attached hydrogen (secondary N) is 1. The molecule has 1 atom stereocenters. The third-order valence-electron chi connectivity index (χ3n) is 4.10. The summed E-state index contributed by atoms with van der Waals surface area (Å²) >= 11 is 0. The van der Waals surface area contributed by atoms with Crippen molar-refractivity contribution in [3.8, 4) is 0 Å². The lowest BCUT2D eigenvalue weighted by atomic mass is 9.94. The van der Waals surface area contributed by atoms with E-state index in [0.29, 0.717) is 12.5 Å². The maximum Gasteiger partial charge on any atom is 0.318 e. The number of amides is 2. The van der Waals surface area contributed by atoms with Gasteiger partial charge in [0.25, 0.3) is 0 Å². The van der Waals surface area contributed by atoms with Crippen LogP contribution in [0.25, 0.3) is 0 Å². The molecule has 0 spiro atoms. The van der Waals surface area contributed by atoms with Crippen molar-refractivity contribution in [2.45, 2.75) is 39.8 Å². The summed E-state index contributed by atoms with van der Waals surface area (Å²) in [7, 11) is 3.59. The van der Waals surface area contributed by atoms with E-state index in [-0.39, 0.29) is 12.1 Å². The molecule has 0 saturated carbocycles. The van der Waals surface area contributed by atoms with E-state index in [0.717, 1.165) is 12.2 Å². The molecule has 2 rings (SSSR count). The van der Waals surface area contributed by atoms with Crippen LogP contribution in [0.2, 0.25) is 0 Å². The van der Waals surface area contributed by atoms with Gasteiger partial charge in [0.2, 0.25) is 0 Å². The molecule has 6 nitrogen and oxygen atoms in total. The van der Waals surface area contributed by atoms with Gasteiger partial charge in [0, 0.05) is 14.1 Å². The number of aromatic nitrogens is 3. The second kappa shape index (κ2) is 7.95. The largest absolute Gasteiger partial charge is 0.331 e. The number of urea groups is 1. The van der Waals surface area contributed by atoms with Gasteiger partial charge in [0.05, 0.1) is 12.6 Å². The second-order valence-electron chi connectivity index (χ2n) is 6.64. The van der Waals surface area contributed by atoms with Gasteiger partial charge in [-0.3, -0.25) is 4.68 Å². The summed E-state index contributed by atoms with van der Waals surface area (Å²) < 4.78 is 1.68. The van der Waals surface area contributed by atoms with Crippen LogP contribution in [0.4, 0.5) is 4.79 Å². The summed E-state index contributed by atoms with van der Waals surface area (Å²) in [5, 5.41) is 7.20. The first-order valence-corrected chi connectivity index (χ1v) is 8.28. The van der Waals surface area contributed by atoms with Crippen LogP contribution in [0.3, 0.4) is 0 Å². The number of benzene rings is 1. The average Bonchev–Trinajstić information content (AvgIpc) is 2.91. The number of nitrogens with zero attached hydrogens (tertiary/aromatic N) is 4. The van der Waals surface area contributed by atoms with Gasteiger partial charge in [0.1, 0.15) is 12.2 Å². The van der Waals surface area contributed by atoms with Gasteiger partial charge >= 0.3 is 6.03 Å². The summed E-state index contributed by atoms with van der Waals surface area (Å²) in [6.45, 7) is 6.84. The maximum absolute atomic E-state index is 12.6. The predicted molar refractivity (Wildman–Crippen MR) is 94.4 cm³/mol. The second-order valence-corrected chi connectivity index (χ2v) is 6.64. The first-order chi connectivity index (χ1) is 11.4. The van der Waals surface area contributed by atoms with Crippen molar-refractivity contribution >= 4 is 6.03 Å². The van der Waals surface area contributed by atoms with E-state index in [4.69, 9.17) is 0 Å². The van der Waals surface area contributed by atoms with Crippen molar-refractivity contribution < 1.29 is 4.79 Å². The zero-order valence-corrected chi connectivity index (χ0v) is 15.2. The number of rotatable bonds is 6. The molecule has 1 aromatic carbocycles. The highest BCUT2D eigenvalue weighted by atomic mass is 16.2. The normalized spacial score (nSPS) is 12.2. The first kappa shape index (κ1) is 18.0. The lowest BCUT2D eigenvalue weighted by molar-refractivity contribution is 0.199. The lowest BCUT2D eigenvalue weighted by Gasteiger charge is -2.26. The number of carbonyl (C=O) groups is 1. The quantitative estimate of drug-likeness (QED) is 0.886. The molecule has 0 fully saturated rings. The SMILES string of the molecule is Cc1ccccc1C(CC(C)C)NC(=O)N(C)Cc1ncnn1C. The van der Waals surface area contributed by atoms with Crippen LogP contribution < -0.4 is 5.32 Å². The third-order valence-corrected chi connectivity index (χ3v) is 4.10. The fourth-order valence-electron chi connectivity index (χ4n) is 2.72. The number of hydrogen-bond donors (Lipinski definition) is 1. The van der Waals surface area contributed by atoms with E-state index in [9.17, 15) is 4.79 Å². The topological polar surface area (TPSA) is 63.1 Å². The molecule has 0 aliphatic rings. The van der Waals surface area contributed by atoms with Crippen molar-refractivity contribution in [3.63, 3.8) is 0 Å². The molecular weight excluding hydrogens is 302 g/mol. The van der Waals surface area contributed by atoms with Gasteiger partial charge < -0.3 is 10.2 Å². The van der Waals surface area contributed by atoms with Gasteiger partial charge in [0.15, 0.2) is 0 Å². The van der Waals surface area contributed by atoms with Crippen LogP contribution in [0, 0.1) is 12.8 Å². The Morgan fingerprint density at radius 1 is 1.33 bits per heavy atom. The molecule has 6 heteroatoms. The minimum absolute atomic E-state index is 0.000599. The predicted octanol–water partition coefficient (Wildman–Crippen LogP) is 3.05. The van der Waals surface area contributed by atoms with Crippen LogP contribution in [0.15, 0.2) is 30.6 Å². The van der Waals surface area contributed by atoms with Gasteiger partial charge in [-0.15, -0.1) is 0 Å². The molecule has 1 aromatic heterocycles. The Kier molecular flexibility index (Phi) is 5.95. The number of aryl methyl sites for hydroxylation is 2. The molecule has 1 heterocycles. The van der Waals surface area contributed by atoms with Crippen LogP contribution in [0.1, 0.15) is 43.3 Å². The minimum atomic E-state index is -0.105. The Labute approximate surface area is 143 Å². The minimum Gasteiger partial charge on any atom is -0.331 e. The van der Waals surface area contributed by atoms with Crippen LogP contribution in [0.5, 0.6) is 0 Å². The van der Waals surface area contributed by atoms with E-state index in [1.165, 1.54) is 17.5 Å². The average molecular weight is 329 g/mol. The zero-order chi connectivity index (χ0) is 17.7. The summed E-state index contributed by atoms with van der Waals surface area (Å²) in [6, 6.07) is 8.11. The van der Waals surface area contributed by atoms with Gasteiger partial charge in [-0.2, -0.15) is 5.10 Å². The monoisotopic (exact) mass is 329 g/mol. The first-order valence-electron chi connectivity index (χ1n) is 8.28. The fourth-order valence-corrected chi connectivity index (χ4v) is 2.72. The molecule has 0 aliphatic heterocycles. The zero-order valence-electron chi connectivity index (χ0n) is 15.2. The highest BCUT2D eigenvalue weighted by Gasteiger charge is 2.20. The summed E-state index contributed by atoms with van der Waals surface area (Å²) in [6.07, 6.45) is 2.39. The Hall–Kier alpha value is -2.37. The lowest BCUT2D eigenvalue weighted by Crippen LogP contribution is -2.40. The van der Waals surface area contributed by atoms with E-state index in [2.05, 4.69) is 48.3 Å². The molecule has 130 valence electrons. The van der Waals surface area contributed by atoms with Crippen molar-refractivity contribution in [1.82, 2.24) is 25.0 Å². The van der Waals surface area contributed by atoms with Crippen molar-refractivity contribution in [2.75, 3.05) is 7.05 Å². The molecule has 1 unspecified atom stereocenters. The standard InChI is InChI=1S/C18H27N5O/c1-13(2)10-16(15-9-7-6-8-14(15)3)21-18(24)22(4)11-17-19-12-20-23(17)5/h6-9,12-13,16H,10-11H2,1-5H3,(H,21,24). The Balaban J connectivity index is 2.09. The molecule has 24 heavy (non-hydrogen) atoms. The Morgan fingerprint density at radius 2 is 2.04 bits per heavy atom. The van der Waals surface area contributed by atoms with Crippen LogP contribution in [-0.2, 0) is 13.6 Å². The maximum atomic E-state index is 12.6. The van der Waals surface area contributed by atoms with Crippen LogP contribution >= 0.6 is 0 Å². The van der Waals surface area contributed by atoms with E-state index < -0.39 is 0 Å². The van der Waals surface area contributed by atoms with E-state index in [1.54, 1.807) is 16.6 Å². The molecule has 0 bridgehead atoms. The van der Waals surface area contributed by atoms with Crippen LogP contribution in [-0.4, -0.2) is 32.7 Å². The molecule has 2 amide bonds. The molecule has 1 N–H and O–H groups in total. The van der Waals surface area contributed by atoms with Gasteiger partial charge in [-0.05, 0) is 30.4 Å². The number of hydrogen-bond acceptors (Lipinski definition) is 3. The van der Waals surface area contributed by atoms with Crippen molar-refractivity contribution in [3.05, 3.63) is 47.5 Å². The molecular formula is C18H27N5O. The highest BCUT2D eigenvalue weighted by Crippen LogP contribution is 2.24. The van der Waals surface area contributed by atoms with Crippen molar-refractivity contribution in [1.29, 1.82) is 0 Å². The van der Waals surface area contributed by atoms with E-state index in [1.807, 2.05) is 19.2 Å². The molecule has 2 aromatic rings. The molecule has 0 saturated heterocycles. The van der Waals surface area contributed by atoms with Crippen molar-refractivity contribution in [2.24, 2.45) is 13.0 Å². The smallest absolute Gasteiger partial charge is 0.318 e. The summed E-state index contributed by atoms with van der Waals surface area (Å²) in [5.74, 6) is 1.24. The van der Waals surface area contributed by atoms with E-state index >= 15 is 0 Å². The van der Waals surface area contributed by atoms with Gasteiger partial charge in [-0.1, -0.05) is 38.1 Å². The number of carbonyl (C=O) groups excluding carboxylic acids is 1. The highest BCUT2D eigenvalue weighted by molar-refractivity contribution is 5.74. The Morgan fingerprint density at radius 3 is 2.62 bits per heavy atom. The molecule has 0 radical (unpaired) electrons.